The van der Waals surface area contributed by atoms with Crippen molar-refractivity contribution in [3.63, 3.8) is 0 Å². The SMILES string of the molecule is COCc1cc(C(=O)Nc2cc(C)[nH]n2)no1. The average Bonchev–Trinajstić information content (AvgIpc) is 2.88. The van der Waals surface area contributed by atoms with E-state index in [1.807, 2.05) is 6.92 Å². The Bertz CT molecular complexity index is 517. The fourth-order valence-corrected chi connectivity index (χ4v) is 1.29. The number of nitrogens with one attached hydrogen (secondary N) is 2. The molecule has 0 fully saturated rings. The van der Waals surface area contributed by atoms with Gasteiger partial charge in [0.25, 0.3) is 5.91 Å². The number of hydrogen-bond donors (Lipinski definition) is 2. The maximum atomic E-state index is 11.7. The van der Waals surface area contributed by atoms with Gasteiger partial charge in [-0.2, -0.15) is 5.10 Å². The molecule has 2 aromatic rings. The van der Waals surface area contributed by atoms with Crippen molar-refractivity contribution < 1.29 is 14.1 Å². The molecule has 2 N–H and O–H groups in total. The van der Waals surface area contributed by atoms with Gasteiger partial charge in [-0.1, -0.05) is 5.16 Å². The van der Waals surface area contributed by atoms with Crippen LogP contribution in [0.15, 0.2) is 16.7 Å². The maximum Gasteiger partial charge on any atom is 0.279 e. The molecule has 1 amide bonds. The normalized spacial score (nSPS) is 10.5. The van der Waals surface area contributed by atoms with Crippen LogP contribution in [0.5, 0.6) is 0 Å². The fourth-order valence-electron chi connectivity index (χ4n) is 1.29. The standard InChI is InChI=1S/C10H12N4O3/c1-6-3-9(13-12-6)11-10(15)8-4-7(5-16-2)17-14-8/h3-4H,5H2,1-2H3,(H2,11,12,13,15). The average molecular weight is 236 g/mol. The summed E-state index contributed by atoms with van der Waals surface area (Å²) in [6.07, 6.45) is 0. The quantitative estimate of drug-likeness (QED) is 0.829. The third-order valence-corrected chi connectivity index (χ3v) is 2.03. The summed E-state index contributed by atoms with van der Waals surface area (Å²) < 4.78 is 9.76. The second-order valence-corrected chi connectivity index (χ2v) is 3.50. The van der Waals surface area contributed by atoms with Crippen LogP contribution >= 0.6 is 0 Å². The summed E-state index contributed by atoms with van der Waals surface area (Å²) in [7, 11) is 1.54. The van der Waals surface area contributed by atoms with Gasteiger partial charge in [-0.3, -0.25) is 9.89 Å². The molecule has 0 aliphatic heterocycles. The molecule has 0 radical (unpaired) electrons. The van der Waals surface area contributed by atoms with Gasteiger partial charge in [-0.15, -0.1) is 0 Å². The number of methoxy groups -OCH3 is 1. The molecule has 0 aliphatic carbocycles. The summed E-state index contributed by atoms with van der Waals surface area (Å²) >= 11 is 0. The van der Waals surface area contributed by atoms with Crippen molar-refractivity contribution in [2.75, 3.05) is 12.4 Å². The van der Waals surface area contributed by atoms with E-state index in [4.69, 9.17) is 9.26 Å². The van der Waals surface area contributed by atoms with E-state index in [1.54, 1.807) is 6.07 Å². The van der Waals surface area contributed by atoms with Gasteiger partial charge >= 0.3 is 0 Å². The minimum Gasteiger partial charge on any atom is -0.377 e. The number of anilines is 1. The number of carbonyl (C=O) groups is 1. The summed E-state index contributed by atoms with van der Waals surface area (Å²) in [5.41, 5.74) is 1.05. The van der Waals surface area contributed by atoms with Gasteiger partial charge in [0.1, 0.15) is 6.61 Å². The van der Waals surface area contributed by atoms with Gasteiger partial charge in [-0.05, 0) is 6.92 Å². The fraction of sp³-hybridized carbons (Fsp3) is 0.300. The maximum absolute atomic E-state index is 11.7. The van der Waals surface area contributed by atoms with Crippen molar-refractivity contribution in [2.45, 2.75) is 13.5 Å². The van der Waals surface area contributed by atoms with E-state index in [-0.39, 0.29) is 18.2 Å². The number of H-pyrrole nitrogens is 1. The first kappa shape index (κ1) is 11.3. The number of aromatic amines is 1. The molecular weight excluding hydrogens is 224 g/mol. The van der Waals surface area contributed by atoms with E-state index >= 15 is 0 Å². The third-order valence-electron chi connectivity index (χ3n) is 2.03. The van der Waals surface area contributed by atoms with Crippen LogP contribution in [0.25, 0.3) is 0 Å². The zero-order chi connectivity index (χ0) is 12.3. The van der Waals surface area contributed by atoms with Crippen molar-refractivity contribution in [3.8, 4) is 0 Å². The van der Waals surface area contributed by atoms with E-state index in [0.29, 0.717) is 11.6 Å². The van der Waals surface area contributed by atoms with Crippen LogP contribution in [0.2, 0.25) is 0 Å². The highest BCUT2D eigenvalue weighted by molar-refractivity contribution is 6.02. The summed E-state index contributed by atoms with van der Waals surface area (Å²) in [5, 5.41) is 12.8. The Morgan fingerprint density at radius 1 is 1.59 bits per heavy atom. The van der Waals surface area contributed by atoms with Crippen LogP contribution in [0.1, 0.15) is 21.9 Å². The topological polar surface area (TPSA) is 93.0 Å². The number of carbonyl (C=O) groups excluding carboxylic acids is 1. The molecule has 7 heteroatoms. The first-order valence-corrected chi connectivity index (χ1v) is 4.97. The Balaban J connectivity index is 2.03. The molecule has 0 aliphatic rings. The van der Waals surface area contributed by atoms with Crippen molar-refractivity contribution in [2.24, 2.45) is 0 Å². The van der Waals surface area contributed by atoms with Crippen LogP contribution in [-0.2, 0) is 11.3 Å². The van der Waals surface area contributed by atoms with E-state index < -0.39 is 0 Å². The zero-order valence-electron chi connectivity index (χ0n) is 9.48. The predicted octanol–water partition coefficient (Wildman–Crippen LogP) is 1.10. The van der Waals surface area contributed by atoms with Gasteiger partial charge in [0, 0.05) is 24.9 Å². The van der Waals surface area contributed by atoms with Crippen molar-refractivity contribution >= 4 is 11.7 Å². The highest BCUT2D eigenvalue weighted by atomic mass is 16.5. The van der Waals surface area contributed by atoms with Crippen molar-refractivity contribution in [1.82, 2.24) is 15.4 Å². The van der Waals surface area contributed by atoms with Crippen LogP contribution in [0, 0.1) is 6.92 Å². The summed E-state index contributed by atoms with van der Waals surface area (Å²) in [6, 6.07) is 3.24. The molecular formula is C10H12N4O3. The van der Waals surface area contributed by atoms with Crippen molar-refractivity contribution in [3.05, 3.63) is 29.3 Å². The van der Waals surface area contributed by atoms with Crippen molar-refractivity contribution in [1.29, 1.82) is 0 Å². The second kappa shape index (κ2) is 4.79. The molecule has 0 bridgehead atoms. The summed E-state index contributed by atoms with van der Waals surface area (Å²) in [5.74, 6) is 0.572. The number of rotatable bonds is 4. The first-order chi connectivity index (χ1) is 8.19. The lowest BCUT2D eigenvalue weighted by Gasteiger charge is -1.95. The molecule has 17 heavy (non-hydrogen) atoms. The Kier molecular flexibility index (Phi) is 3.20. The number of hydrogen-bond acceptors (Lipinski definition) is 5. The van der Waals surface area contributed by atoms with Crippen LogP contribution in [0.3, 0.4) is 0 Å². The molecule has 7 nitrogen and oxygen atoms in total. The van der Waals surface area contributed by atoms with Crippen LogP contribution in [0.4, 0.5) is 5.82 Å². The third kappa shape index (κ3) is 2.70. The van der Waals surface area contributed by atoms with E-state index in [1.165, 1.54) is 13.2 Å². The molecule has 2 rings (SSSR count). The lowest BCUT2D eigenvalue weighted by molar-refractivity contribution is 0.101. The Labute approximate surface area is 97.1 Å². The number of nitrogens with zero attached hydrogens (tertiary/aromatic N) is 2. The van der Waals surface area contributed by atoms with Gasteiger partial charge in [0.05, 0.1) is 0 Å². The lowest BCUT2D eigenvalue weighted by Crippen LogP contribution is -2.12. The van der Waals surface area contributed by atoms with E-state index in [9.17, 15) is 4.79 Å². The largest absolute Gasteiger partial charge is 0.377 e. The molecule has 0 spiro atoms. The summed E-state index contributed by atoms with van der Waals surface area (Å²) in [6.45, 7) is 2.12. The number of aryl methyl sites for hydroxylation is 1. The zero-order valence-corrected chi connectivity index (χ0v) is 9.48. The molecule has 0 unspecified atom stereocenters. The van der Waals surface area contributed by atoms with Crippen LogP contribution < -0.4 is 5.32 Å². The number of aromatic nitrogens is 3. The summed E-state index contributed by atoms with van der Waals surface area (Å²) in [4.78, 5) is 11.7. The van der Waals surface area contributed by atoms with Gasteiger partial charge < -0.3 is 14.6 Å². The second-order valence-electron chi connectivity index (χ2n) is 3.50. The number of ether oxygens (including phenoxy) is 1. The Hall–Kier alpha value is -2.15. The molecule has 0 atom stereocenters. The molecule has 0 saturated carbocycles. The highest BCUT2D eigenvalue weighted by Gasteiger charge is 2.13. The first-order valence-electron chi connectivity index (χ1n) is 4.97. The lowest BCUT2D eigenvalue weighted by atomic mass is 10.3. The monoisotopic (exact) mass is 236 g/mol. The Morgan fingerprint density at radius 2 is 2.41 bits per heavy atom. The van der Waals surface area contributed by atoms with Gasteiger partial charge in [0.2, 0.25) is 0 Å². The van der Waals surface area contributed by atoms with Gasteiger partial charge in [0.15, 0.2) is 17.3 Å². The number of amides is 1. The predicted molar refractivity (Wildman–Crippen MR) is 58.5 cm³/mol. The van der Waals surface area contributed by atoms with Gasteiger partial charge in [-0.25, -0.2) is 0 Å². The van der Waals surface area contributed by atoms with E-state index in [2.05, 4.69) is 20.7 Å². The minimum atomic E-state index is -0.373. The molecule has 90 valence electrons. The molecule has 2 heterocycles. The molecule has 0 saturated heterocycles. The molecule has 0 aromatic carbocycles. The molecule has 2 aromatic heterocycles. The van der Waals surface area contributed by atoms with E-state index in [0.717, 1.165) is 5.69 Å². The minimum absolute atomic E-state index is 0.192. The smallest absolute Gasteiger partial charge is 0.279 e. The van der Waals surface area contributed by atoms with Crippen LogP contribution in [-0.4, -0.2) is 28.4 Å². The Morgan fingerprint density at radius 3 is 3.06 bits per heavy atom. The highest BCUT2D eigenvalue weighted by Crippen LogP contribution is 2.09.